The van der Waals surface area contributed by atoms with Gasteiger partial charge in [-0.3, -0.25) is 4.79 Å². The molecule has 0 bridgehead atoms. The smallest absolute Gasteiger partial charge is 0.268 e. The fourth-order valence-electron chi connectivity index (χ4n) is 3.03. The first-order chi connectivity index (χ1) is 12.1. The van der Waals surface area contributed by atoms with Gasteiger partial charge < -0.3 is 14.6 Å². The van der Waals surface area contributed by atoms with Crippen molar-refractivity contribution in [2.75, 3.05) is 19.7 Å². The maximum atomic E-state index is 12.3. The van der Waals surface area contributed by atoms with Gasteiger partial charge in [-0.25, -0.2) is 0 Å². The predicted octanol–water partition coefficient (Wildman–Crippen LogP) is 3.43. The van der Waals surface area contributed by atoms with Gasteiger partial charge >= 0.3 is 0 Å². The number of ether oxygens (including phenoxy) is 1. The van der Waals surface area contributed by atoms with Crippen LogP contribution in [-0.4, -0.2) is 24.3 Å². The molecule has 0 unspecified atom stereocenters. The monoisotopic (exact) mass is 413 g/mol. The van der Waals surface area contributed by atoms with E-state index in [1.54, 1.807) is 29.0 Å². The van der Waals surface area contributed by atoms with Crippen LogP contribution in [0.5, 0.6) is 0 Å². The van der Waals surface area contributed by atoms with Crippen molar-refractivity contribution >= 4 is 35.6 Å². The quantitative estimate of drug-likeness (QED) is 0.835. The third-order valence-electron chi connectivity index (χ3n) is 4.25. The van der Waals surface area contributed by atoms with Gasteiger partial charge in [-0.1, -0.05) is 29.3 Å². The zero-order valence-electron chi connectivity index (χ0n) is 13.8. The lowest BCUT2D eigenvalue weighted by Gasteiger charge is -2.26. The SMILES string of the molecule is Cl.N#Cc1cccn(C[C@@H]2CNCCO[C@H]2c2ccc(Cl)c(Cl)c2)c1=O. The standard InChI is InChI=1S/C18H17Cl2N3O2.ClH/c19-15-4-3-12(8-16(15)20)17-14(10-22-5-7-25-17)11-23-6-1-2-13(9-21)18(23)24;/h1-4,6,8,14,17,22H,5,7,10-11H2;1H/t14-,17-;/m0./s1. The minimum Gasteiger partial charge on any atom is -0.372 e. The summed E-state index contributed by atoms with van der Waals surface area (Å²) in [5.41, 5.74) is 0.769. The van der Waals surface area contributed by atoms with Crippen LogP contribution in [-0.2, 0) is 11.3 Å². The van der Waals surface area contributed by atoms with Gasteiger partial charge in [0.15, 0.2) is 0 Å². The molecule has 5 nitrogen and oxygen atoms in total. The topological polar surface area (TPSA) is 67.1 Å². The molecule has 1 fully saturated rings. The van der Waals surface area contributed by atoms with Gasteiger partial charge in [0.25, 0.3) is 5.56 Å². The van der Waals surface area contributed by atoms with Gasteiger partial charge in [0, 0.05) is 31.7 Å². The van der Waals surface area contributed by atoms with Crippen molar-refractivity contribution in [2.24, 2.45) is 5.92 Å². The lowest BCUT2D eigenvalue weighted by atomic mass is 9.95. The van der Waals surface area contributed by atoms with Crippen molar-refractivity contribution in [3.05, 3.63) is 68.1 Å². The Morgan fingerprint density at radius 2 is 2.12 bits per heavy atom. The Labute approximate surface area is 167 Å². The molecule has 0 amide bonds. The predicted molar refractivity (Wildman–Crippen MR) is 104 cm³/mol. The summed E-state index contributed by atoms with van der Waals surface area (Å²) in [7, 11) is 0. The maximum absolute atomic E-state index is 12.3. The third kappa shape index (κ3) is 4.59. The second kappa shape index (κ2) is 9.40. The normalized spacial score (nSPS) is 19.9. The molecule has 2 aromatic rings. The molecule has 1 N–H and O–H groups in total. The van der Waals surface area contributed by atoms with Crippen LogP contribution in [0, 0.1) is 17.2 Å². The van der Waals surface area contributed by atoms with Gasteiger partial charge in [0.05, 0.1) is 22.8 Å². The minimum atomic E-state index is -0.290. The molecule has 138 valence electrons. The molecule has 1 aliphatic heterocycles. The largest absolute Gasteiger partial charge is 0.372 e. The fraction of sp³-hybridized carbons (Fsp3) is 0.333. The molecule has 26 heavy (non-hydrogen) atoms. The highest BCUT2D eigenvalue weighted by atomic mass is 35.5. The van der Waals surface area contributed by atoms with E-state index in [4.69, 9.17) is 33.2 Å². The number of aromatic nitrogens is 1. The first-order valence-electron chi connectivity index (χ1n) is 7.97. The molecule has 1 aromatic heterocycles. The van der Waals surface area contributed by atoms with Crippen molar-refractivity contribution in [2.45, 2.75) is 12.6 Å². The lowest BCUT2D eigenvalue weighted by molar-refractivity contribution is 0.0250. The number of nitrogens with one attached hydrogen (secondary N) is 1. The first kappa shape index (κ1) is 20.8. The average Bonchev–Trinajstić information content (AvgIpc) is 2.85. The molecule has 0 aliphatic carbocycles. The molecule has 0 radical (unpaired) electrons. The Morgan fingerprint density at radius 3 is 2.85 bits per heavy atom. The van der Waals surface area contributed by atoms with Crippen molar-refractivity contribution in [3.8, 4) is 6.07 Å². The Hall–Kier alpha value is -1.55. The van der Waals surface area contributed by atoms with Crippen molar-refractivity contribution in [1.82, 2.24) is 9.88 Å². The number of hydrogen-bond donors (Lipinski definition) is 1. The number of nitrogens with zero attached hydrogens (tertiary/aromatic N) is 2. The van der Waals surface area contributed by atoms with E-state index in [9.17, 15) is 4.79 Å². The second-order valence-electron chi connectivity index (χ2n) is 5.92. The molecule has 2 heterocycles. The summed E-state index contributed by atoms with van der Waals surface area (Å²) < 4.78 is 7.58. The Bertz CT molecular complexity index is 863. The molecular formula is C18H18Cl3N3O2. The van der Waals surface area contributed by atoms with Crippen LogP contribution in [0.2, 0.25) is 10.0 Å². The highest BCUT2D eigenvalue weighted by Gasteiger charge is 2.27. The van der Waals surface area contributed by atoms with Gasteiger partial charge in [-0.15, -0.1) is 12.4 Å². The van der Waals surface area contributed by atoms with E-state index in [-0.39, 0.29) is 35.6 Å². The van der Waals surface area contributed by atoms with E-state index in [0.29, 0.717) is 29.7 Å². The molecule has 2 atom stereocenters. The van der Waals surface area contributed by atoms with Crippen LogP contribution < -0.4 is 10.9 Å². The third-order valence-corrected chi connectivity index (χ3v) is 4.99. The zero-order chi connectivity index (χ0) is 17.8. The van der Waals surface area contributed by atoms with E-state index in [2.05, 4.69) is 5.32 Å². The van der Waals surface area contributed by atoms with Crippen LogP contribution in [0.3, 0.4) is 0 Å². The Morgan fingerprint density at radius 1 is 1.31 bits per heavy atom. The summed E-state index contributed by atoms with van der Waals surface area (Å²) in [5.74, 6) is 0.00591. The van der Waals surface area contributed by atoms with Gasteiger partial charge in [-0.2, -0.15) is 5.26 Å². The molecule has 1 saturated heterocycles. The summed E-state index contributed by atoms with van der Waals surface area (Å²) >= 11 is 12.2. The number of hydrogen-bond acceptors (Lipinski definition) is 4. The van der Waals surface area contributed by atoms with Gasteiger partial charge in [0.2, 0.25) is 0 Å². The number of benzene rings is 1. The van der Waals surface area contributed by atoms with Crippen LogP contribution in [0.25, 0.3) is 0 Å². The summed E-state index contributed by atoms with van der Waals surface area (Å²) in [6.07, 6.45) is 1.47. The van der Waals surface area contributed by atoms with Crippen LogP contribution in [0.1, 0.15) is 17.2 Å². The number of rotatable bonds is 3. The molecule has 1 aromatic carbocycles. The van der Waals surface area contributed by atoms with E-state index in [1.165, 1.54) is 6.07 Å². The van der Waals surface area contributed by atoms with Crippen molar-refractivity contribution < 1.29 is 4.74 Å². The van der Waals surface area contributed by atoms with Crippen LogP contribution in [0.15, 0.2) is 41.3 Å². The molecule has 8 heteroatoms. The molecule has 0 spiro atoms. The van der Waals surface area contributed by atoms with Gasteiger partial charge in [-0.05, 0) is 29.8 Å². The second-order valence-corrected chi connectivity index (χ2v) is 6.73. The lowest BCUT2D eigenvalue weighted by Crippen LogP contribution is -2.32. The van der Waals surface area contributed by atoms with E-state index >= 15 is 0 Å². The Kier molecular flexibility index (Phi) is 7.51. The average molecular weight is 415 g/mol. The number of halogens is 3. The van der Waals surface area contributed by atoms with Gasteiger partial charge in [0.1, 0.15) is 11.6 Å². The maximum Gasteiger partial charge on any atom is 0.268 e. The van der Waals surface area contributed by atoms with Crippen LogP contribution in [0.4, 0.5) is 0 Å². The molecule has 3 rings (SSSR count). The molecular weight excluding hydrogens is 397 g/mol. The minimum absolute atomic E-state index is 0. The summed E-state index contributed by atoms with van der Waals surface area (Å²) in [6, 6.07) is 10.6. The highest BCUT2D eigenvalue weighted by Crippen LogP contribution is 2.32. The van der Waals surface area contributed by atoms with E-state index in [0.717, 1.165) is 12.1 Å². The van der Waals surface area contributed by atoms with Crippen molar-refractivity contribution in [1.29, 1.82) is 5.26 Å². The zero-order valence-corrected chi connectivity index (χ0v) is 16.2. The number of pyridine rings is 1. The van der Waals surface area contributed by atoms with E-state index in [1.807, 2.05) is 12.1 Å². The highest BCUT2D eigenvalue weighted by molar-refractivity contribution is 6.42. The summed E-state index contributed by atoms with van der Waals surface area (Å²) in [4.78, 5) is 12.3. The van der Waals surface area contributed by atoms with E-state index < -0.39 is 0 Å². The molecule has 0 saturated carbocycles. The fourth-order valence-corrected chi connectivity index (χ4v) is 3.33. The van der Waals surface area contributed by atoms with Crippen molar-refractivity contribution in [3.63, 3.8) is 0 Å². The van der Waals surface area contributed by atoms with Crippen LogP contribution >= 0.6 is 35.6 Å². The Balaban J connectivity index is 0.00000243. The summed E-state index contributed by atoms with van der Waals surface area (Å²) in [5, 5.41) is 13.3. The first-order valence-corrected chi connectivity index (χ1v) is 8.72. The molecule has 1 aliphatic rings. The summed E-state index contributed by atoms with van der Waals surface area (Å²) in [6.45, 7) is 2.43. The number of nitriles is 1.